The van der Waals surface area contributed by atoms with Gasteiger partial charge in [-0.15, -0.1) is 0 Å². The minimum atomic E-state index is -2.53. The number of hydrogen-bond acceptors (Lipinski definition) is 3. The van der Waals surface area contributed by atoms with Crippen LogP contribution in [0.4, 0.5) is 0 Å². The van der Waals surface area contributed by atoms with Gasteiger partial charge in [0.1, 0.15) is 0 Å². The summed E-state index contributed by atoms with van der Waals surface area (Å²) in [6.07, 6.45) is 0.939. The van der Waals surface area contributed by atoms with Gasteiger partial charge in [0, 0.05) is 25.9 Å². The third-order valence-corrected chi connectivity index (χ3v) is 6.85. The van der Waals surface area contributed by atoms with Crippen molar-refractivity contribution in [2.75, 3.05) is 19.8 Å². The van der Waals surface area contributed by atoms with Crippen LogP contribution in [0.5, 0.6) is 0 Å². The molecule has 0 fully saturated rings. The van der Waals surface area contributed by atoms with Gasteiger partial charge >= 0.3 is 8.80 Å². The fourth-order valence-corrected chi connectivity index (χ4v) is 5.17. The first-order chi connectivity index (χ1) is 9.98. The Balaban J connectivity index is 2.84. The van der Waals surface area contributed by atoms with E-state index in [4.69, 9.17) is 13.3 Å². The number of rotatable bonds is 9. The zero-order valence-electron chi connectivity index (χ0n) is 14.4. The SMILES string of the molecule is CCO[Si](CCc1cc(C)c(C)c(C)c1)(OCC)OCC. The summed E-state index contributed by atoms with van der Waals surface area (Å²) in [7, 11) is -2.53. The zero-order valence-corrected chi connectivity index (χ0v) is 15.4. The van der Waals surface area contributed by atoms with Gasteiger partial charge in [-0.3, -0.25) is 0 Å². The first-order valence-electron chi connectivity index (χ1n) is 7.96. The first-order valence-corrected chi connectivity index (χ1v) is 9.89. The van der Waals surface area contributed by atoms with Crippen molar-refractivity contribution in [3.8, 4) is 0 Å². The van der Waals surface area contributed by atoms with Crippen LogP contribution in [0.1, 0.15) is 43.0 Å². The maximum atomic E-state index is 5.91. The number of hydrogen-bond donors (Lipinski definition) is 0. The van der Waals surface area contributed by atoms with Crippen molar-refractivity contribution in [2.24, 2.45) is 0 Å². The molecule has 0 radical (unpaired) electrons. The van der Waals surface area contributed by atoms with Crippen molar-refractivity contribution < 1.29 is 13.3 Å². The van der Waals surface area contributed by atoms with Crippen molar-refractivity contribution in [3.05, 3.63) is 34.4 Å². The monoisotopic (exact) mass is 310 g/mol. The van der Waals surface area contributed by atoms with Crippen LogP contribution in [0.2, 0.25) is 6.04 Å². The fourth-order valence-electron chi connectivity index (χ4n) is 2.57. The predicted molar refractivity (Wildman–Crippen MR) is 89.8 cm³/mol. The summed E-state index contributed by atoms with van der Waals surface area (Å²) in [5.41, 5.74) is 5.41. The molecule has 0 amide bonds. The standard InChI is InChI=1S/C17H30O3Si/c1-7-18-21(19-8-2,20-9-3)11-10-17-12-14(4)16(6)15(5)13-17/h12-13H,7-11H2,1-6H3. The lowest BCUT2D eigenvalue weighted by Gasteiger charge is -2.28. The highest BCUT2D eigenvalue weighted by Gasteiger charge is 2.39. The lowest BCUT2D eigenvalue weighted by molar-refractivity contribution is 0.0714. The van der Waals surface area contributed by atoms with E-state index in [9.17, 15) is 0 Å². The van der Waals surface area contributed by atoms with Gasteiger partial charge in [-0.2, -0.15) is 0 Å². The first kappa shape index (κ1) is 18.4. The van der Waals surface area contributed by atoms with Crippen LogP contribution >= 0.6 is 0 Å². The Morgan fingerprint density at radius 1 is 0.810 bits per heavy atom. The van der Waals surface area contributed by atoms with Crippen molar-refractivity contribution in [1.82, 2.24) is 0 Å². The molecule has 4 heteroatoms. The Morgan fingerprint density at radius 3 is 1.62 bits per heavy atom. The van der Waals surface area contributed by atoms with E-state index in [1.54, 1.807) is 0 Å². The second-order valence-corrected chi connectivity index (χ2v) is 8.07. The summed E-state index contributed by atoms with van der Waals surface area (Å²) >= 11 is 0. The lowest BCUT2D eigenvalue weighted by atomic mass is 9.99. The Morgan fingerprint density at radius 2 is 1.24 bits per heavy atom. The van der Waals surface area contributed by atoms with Crippen LogP contribution in [0.15, 0.2) is 12.1 Å². The van der Waals surface area contributed by atoms with E-state index in [0.29, 0.717) is 19.8 Å². The van der Waals surface area contributed by atoms with E-state index in [1.165, 1.54) is 22.3 Å². The fraction of sp³-hybridized carbons (Fsp3) is 0.647. The maximum absolute atomic E-state index is 5.91. The molecule has 0 heterocycles. The van der Waals surface area contributed by atoms with E-state index in [1.807, 2.05) is 20.8 Å². The van der Waals surface area contributed by atoms with E-state index in [-0.39, 0.29) is 0 Å². The minimum Gasteiger partial charge on any atom is -0.374 e. The molecule has 1 rings (SSSR count). The molecular formula is C17H30O3Si. The molecule has 0 aliphatic rings. The minimum absolute atomic E-state index is 0.637. The average molecular weight is 311 g/mol. The van der Waals surface area contributed by atoms with E-state index in [0.717, 1.165) is 12.5 Å². The molecule has 0 saturated carbocycles. The van der Waals surface area contributed by atoms with Crippen LogP contribution in [-0.2, 0) is 19.7 Å². The summed E-state index contributed by atoms with van der Waals surface area (Å²) in [6, 6.07) is 5.38. The van der Waals surface area contributed by atoms with E-state index in [2.05, 4.69) is 32.9 Å². The molecule has 0 atom stereocenters. The normalized spacial score (nSPS) is 11.9. The summed E-state index contributed by atoms with van der Waals surface area (Å²) in [4.78, 5) is 0. The molecule has 3 nitrogen and oxygen atoms in total. The van der Waals surface area contributed by atoms with Crippen molar-refractivity contribution in [2.45, 2.75) is 54.0 Å². The molecule has 21 heavy (non-hydrogen) atoms. The Bertz CT molecular complexity index is 406. The van der Waals surface area contributed by atoms with Gasteiger partial charge in [0.15, 0.2) is 0 Å². The quantitative estimate of drug-likeness (QED) is 0.640. The summed E-state index contributed by atoms with van der Waals surface area (Å²) in [6.45, 7) is 14.4. The van der Waals surface area contributed by atoms with Gasteiger partial charge in [-0.05, 0) is 70.2 Å². The summed E-state index contributed by atoms with van der Waals surface area (Å²) in [5.74, 6) is 0. The molecule has 0 aliphatic carbocycles. The number of benzene rings is 1. The number of aryl methyl sites for hydroxylation is 3. The highest BCUT2D eigenvalue weighted by molar-refractivity contribution is 6.60. The Hall–Kier alpha value is -0.683. The third-order valence-electron chi connectivity index (χ3n) is 3.80. The van der Waals surface area contributed by atoms with Crippen LogP contribution in [0.25, 0.3) is 0 Å². The highest BCUT2D eigenvalue weighted by Crippen LogP contribution is 2.22. The van der Waals surface area contributed by atoms with Crippen molar-refractivity contribution in [3.63, 3.8) is 0 Å². The molecule has 0 spiro atoms. The molecule has 0 unspecified atom stereocenters. The smallest absolute Gasteiger partial charge is 0.374 e. The topological polar surface area (TPSA) is 27.7 Å². The van der Waals surface area contributed by atoms with Gasteiger partial charge in [-0.1, -0.05) is 12.1 Å². The molecular weight excluding hydrogens is 280 g/mol. The second kappa shape index (κ2) is 8.69. The largest absolute Gasteiger partial charge is 0.501 e. The van der Waals surface area contributed by atoms with Crippen LogP contribution < -0.4 is 0 Å². The van der Waals surface area contributed by atoms with Gasteiger partial charge in [0.05, 0.1) is 0 Å². The predicted octanol–water partition coefficient (Wildman–Crippen LogP) is 4.20. The van der Waals surface area contributed by atoms with Crippen LogP contribution in [0, 0.1) is 20.8 Å². The molecule has 0 bridgehead atoms. The lowest BCUT2D eigenvalue weighted by Crippen LogP contribution is -2.46. The van der Waals surface area contributed by atoms with Crippen molar-refractivity contribution in [1.29, 1.82) is 0 Å². The zero-order chi connectivity index (χ0) is 15.9. The molecule has 0 aliphatic heterocycles. The van der Waals surface area contributed by atoms with E-state index >= 15 is 0 Å². The molecule has 0 N–H and O–H groups in total. The van der Waals surface area contributed by atoms with Gasteiger partial charge in [0.2, 0.25) is 0 Å². The Labute approximate surface area is 131 Å². The molecule has 0 aromatic heterocycles. The van der Waals surface area contributed by atoms with Crippen molar-refractivity contribution >= 4 is 8.80 Å². The molecule has 120 valence electrons. The van der Waals surface area contributed by atoms with Crippen LogP contribution in [0.3, 0.4) is 0 Å². The molecule has 0 saturated heterocycles. The Kier molecular flexibility index (Phi) is 7.60. The maximum Gasteiger partial charge on any atom is 0.501 e. The molecule has 1 aromatic carbocycles. The van der Waals surface area contributed by atoms with Gasteiger partial charge in [-0.25, -0.2) is 0 Å². The summed E-state index contributed by atoms with van der Waals surface area (Å²) < 4.78 is 17.7. The highest BCUT2D eigenvalue weighted by atomic mass is 28.4. The van der Waals surface area contributed by atoms with Gasteiger partial charge < -0.3 is 13.3 Å². The van der Waals surface area contributed by atoms with Gasteiger partial charge in [0.25, 0.3) is 0 Å². The third kappa shape index (κ3) is 5.22. The summed E-state index contributed by atoms with van der Waals surface area (Å²) in [5, 5.41) is 0. The van der Waals surface area contributed by atoms with Crippen LogP contribution in [-0.4, -0.2) is 28.6 Å². The average Bonchev–Trinajstić information content (AvgIpc) is 2.43. The second-order valence-electron chi connectivity index (χ2n) is 5.34. The van der Waals surface area contributed by atoms with E-state index < -0.39 is 8.80 Å². The molecule has 1 aromatic rings.